The molecule has 0 bridgehead atoms. The SMILES string of the molecule is CCCCCCOC(=O)OCCCCCCN(CCCCCCOC(=O)CCC(=O)c1cc2cc(OC)c(Br)cc2s1)CCCN(CCCCCCOC(=O)OCCCCCC)CCCCCCOC(=O)OCCCCCC. The third kappa shape index (κ3) is 38.1. The highest BCUT2D eigenvalue weighted by Crippen LogP contribution is 2.35. The van der Waals surface area contributed by atoms with Gasteiger partial charge in [-0.25, -0.2) is 14.4 Å². The van der Waals surface area contributed by atoms with Crippen molar-refractivity contribution in [2.75, 3.05) is 92.6 Å². The standard InChI is InChI=1S/C61H103BrN2O13S/c1-5-8-11-26-43-72-59(67)75-46-30-19-15-23-37-63(36-22-14-18-29-42-71-58(66)35-34-54(65)57-50-52-49-55(70-4)53(62)51-56(52)78-57)40-33-41-64(38-24-16-20-31-47-76-60(68)73-44-27-12-9-6-2)39-25-17-21-32-48-77-61(69)74-45-28-13-10-7-3/h49-51H,5-48H2,1-4H3. The maximum atomic E-state index is 12.9. The first kappa shape index (κ1) is 70.4. The average Bonchev–Trinajstić information content (AvgIpc) is 3.86. The Kier molecular flexibility index (Phi) is 44.4. The van der Waals surface area contributed by atoms with Crippen molar-refractivity contribution in [2.45, 2.75) is 220 Å². The van der Waals surface area contributed by atoms with Crippen molar-refractivity contribution in [3.05, 3.63) is 27.5 Å². The maximum absolute atomic E-state index is 12.9. The molecule has 0 aliphatic rings. The monoisotopic (exact) mass is 1180 g/mol. The number of rotatable bonds is 52. The lowest BCUT2D eigenvalue weighted by Crippen LogP contribution is -2.32. The molecule has 448 valence electrons. The number of fused-ring (bicyclic) bond motifs is 1. The van der Waals surface area contributed by atoms with E-state index in [4.69, 9.17) is 37.9 Å². The Labute approximate surface area is 482 Å². The molecule has 15 nitrogen and oxygen atoms in total. The summed E-state index contributed by atoms with van der Waals surface area (Å²) in [6.45, 7) is 15.3. The highest BCUT2D eigenvalue weighted by molar-refractivity contribution is 9.10. The number of thiophene rings is 1. The fourth-order valence-electron chi connectivity index (χ4n) is 8.93. The van der Waals surface area contributed by atoms with Gasteiger partial charge >= 0.3 is 24.4 Å². The summed E-state index contributed by atoms with van der Waals surface area (Å²) < 4.78 is 44.3. The molecule has 17 heteroatoms. The van der Waals surface area contributed by atoms with Crippen molar-refractivity contribution in [2.24, 2.45) is 0 Å². The van der Waals surface area contributed by atoms with Crippen LogP contribution in [0.5, 0.6) is 5.75 Å². The molecule has 0 spiro atoms. The largest absolute Gasteiger partial charge is 0.508 e. The fourth-order valence-corrected chi connectivity index (χ4v) is 10.6. The Morgan fingerprint density at radius 3 is 1.10 bits per heavy atom. The van der Waals surface area contributed by atoms with Gasteiger partial charge in [-0.1, -0.05) is 130 Å². The summed E-state index contributed by atoms with van der Waals surface area (Å²) in [6.07, 6.45) is 27.9. The first-order valence-corrected chi connectivity index (χ1v) is 32.0. The van der Waals surface area contributed by atoms with Crippen molar-refractivity contribution in [3.8, 4) is 5.75 Å². The van der Waals surface area contributed by atoms with Crippen LogP contribution in [0.3, 0.4) is 0 Å². The van der Waals surface area contributed by atoms with Crippen LogP contribution in [-0.4, -0.2) is 133 Å². The predicted octanol–water partition coefficient (Wildman–Crippen LogP) is 16.6. The number of methoxy groups -OCH3 is 1. The van der Waals surface area contributed by atoms with E-state index >= 15 is 0 Å². The normalized spacial score (nSPS) is 11.3. The third-order valence-electron chi connectivity index (χ3n) is 13.6. The number of hydrogen-bond acceptors (Lipinski definition) is 16. The fraction of sp³-hybridized carbons (Fsp3) is 0.787. The van der Waals surface area contributed by atoms with Crippen LogP contribution in [0.15, 0.2) is 22.7 Å². The summed E-state index contributed by atoms with van der Waals surface area (Å²) in [5, 5.41) is 0.936. The van der Waals surface area contributed by atoms with Crippen LogP contribution in [0, 0.1) is 0 Å². The average molecular weight is 1180 g/mol. The molecule has 0 aliphatic carbocycles. The van der Waals surface area contributed by atoms with E-state index in [0.29, 0.717) is 56.9 Å². The van der Waals surface area contributed by atoms with Gasteiger partial charge in [-0.15, -0.1) is 11.3 Å². The first-order chi connectivity index (χ1) is 38.1. The van der Waals surface area contributed by atoms with Crippen molar-refractivity contribution in [3.63, 3.8) is 0 Å². The van der Waals surface area contributed by atoms with E-state index in [0.717, 1.165) is 240 Å². The van der Waals surface area contributed by atoms with E-state index in [2.05, 4.69) is 46.5 Å². The summed E-state index contributed by atoms with van der Waals surface area (Å²) in [7, 11) is 1.61. The Hall–Kier alpha value is -3.67. The van der Waals surface area contributed by atoms with Crippen LogP contribution in [0.2, 0.25) is 0 Å². The first-order valence-electron chi connectivity index (χ1n) is 30.4. The molecule has 1 aromatic carbocycles. The molecule has 0 radical (unpaired) electrons. The zero-order valence-electron chi connectivity index (χ0n) is 48.8. The maximum Gasteiger partial charge on any atom is 0.508 e. The van der Waals surface area contributed by atoms with E-state index in [1.54, 1.807) is 7.11 Å². The zero-order chi connectivity index (χ0) is 56.5. The molecule has 78 heavy (non-hydrogen) atoms. The Balaban J connectivity index is 1.84. The summed E-state index contributed by atoms with van der Waals surface area (Å²) in [4.78, 5) is 67.3. The minimum absolute atomic E-state index is 0.0631. The van der Waals surface area contributed by atoms with Crippen LogP contribution >= 0.6 is 27.3 Å². The molecule has 0 saturated carbocycles. The van der Waals surface area contributed by atoms with E-state index in [1.165, 1.54) is 11.3 Å². The van der Waals surface area contributed by atoms with E-state index in [-0.39, 0.29) is 24.6 Å². The molecule has 0 amide bonds. The van der Waals surface area contributed by atoms with Gasteiger partial charge in [0, 0.05) is 11.1 Å². The Morgan fingerprint density at radius 2 is 0.744 bits per heavy atom. The van der Waals surface area contributed by atoms with Gasteiger partial charge in [-0.2, -0.15) is 0 Å². The number of carbonyl (C=O) groups excluding carboxylic acids is 5. The molecule has 2 aromatic rings. The van der Waals surface area contributed by atoms with E-state index in [1.807, 2.05) is 18.2 Å². The second kappa shape index (κ2) is 49.2. The zero-order valence-corrected chi connectivity index (χ0v) is 51.2. The van der Waals surface area contributed by atoms with Crippen molar-refractivity contribution < 1.29 is 61.9 Å². The Morgan fingerprint density at radius 1 is 0.410 bits per heavy atom. The summed E-state index contributed by atoms with van der Waals surface area (Å²) >= 11 is 4.92. The van der Waals surface area contributed by atoms with Crippen LogP contribution in [0.1, 0.15) is 229 Å². The van der Waals surface area contributed by atoms with E-state index < -0.39 is 18.5 Å². The van der Waals surface area contributed by atoms with Gasteiger partial charge in [-0.3, -0.25) is 9.59 Å². The molecule has 0 unspecified atom stereocenters. The molecule has 0 atom stereocenters. The number of carbonyl (C=O) groups is 5. The smallest absolute Gasteiger partial charge is 0.496 e. The van der Waals surface area contributed by atoms with Crippen molar-refractivity contribution in [1.29, 1.82) is 0 Å². The molecular weight excluding hydrogens is 1080 g/mol. The number of halogens is 1. The van der Waals surface area contributed by atoms with Crippen LogP contribution < -0.4 is 4.74 Å². The van der Waals surface area contributed by atoms with Crippen LogP contribution in [-0.2, 0) is 38.0 Å². The number of esters is 1. The van der Waals surface area contributed by atoms with E-state index in [9.17, 15) is 24.0 Å². The Bertz CT molecular complexity index is 1810. The molecule has 0 saturated heterocycles. The second-order valence-electron chi connectivity index (χ2n) is 20.5. The van der Waals surface area contributed by atoms with Gasteiger partial charge in [0.2, 0.25) is 0 Å². The lowest BCUT2D eigenvalue weighted by atomic mass is 10.1. The second-order valence-corrected chi connectivity index (χ2v) is 22.4. The molecule has 1 heterocycles. The van der Waals surface area contributed by atoms with Gasteiger partial charge in [0.05, 0.1) is 69.1 Å². The number of nitrogens with zero attached hydrogens (tertiary/aromatic N) is 2. The quantitative estimate of drug-likeness (QED) is 0.0266. The molecule has 0 aliphatic heterocycles. The number of hydrogen-bond donors (Lipinski definition) is 0. The number of ether oxygens (including phenoxy) is 8. The lowest BCUT2D eigenvalue weighted by molar-refractivity contribution is -0.143. The lowest BCUT2D eigenvalue weighted by Gasteiger charge is -2.26. The van der Waals surface area contributed by atoms with Crippen LogP contribution in [0.4, 0.5) is 14.4 Å². The summed E-state index contributed by atoms with van der Waals surface area (Å²) in [5.41, 5.74) is 0. The number of ketones is 1. The molecule has 0 fully saturated rings. The highest BCUT2D eigenvalue weighted by atomic mass is 79.9. The van der Waals surface area contributed by atoms with Gasteiger partial charge in [0.25, 0.3) is 0 Å². The molecular formula is C61H103BrN2O13S. The number of benzene rings is 1. The highest BCUT2D eigenvalue weighted by Gasteiger charge is 2.16. The number of Topliss-reactive ketones (excluding diaryl/α,β-unsaturated/α-hetero) is 1. The van der Waals surface area contributed by atoms with Gasteiger partial charge in [-0.05, 0) is 156 Å². The minimum atomic E-state index is -0.565. The van der Waals surface area contributed by atoms with Gasteiger partial charge < -0.3 is 47.7 Å². The topological polar surface area (TPSA) is 166 Å². The minimum Gasteiger partial charge on any atom is -0.496 e. The number of unbranched alkanes of at least 4 members (excludes halogenated alkanes) is 21. The predicted molar refractivity (Wildman–Crippen MR) is 316 cm³/mol. The van der Waals surface area contributed by atoms with Gasteiger partial charge in [0.1, 0.15) is 5.75 Å². The van der Waals surface area contributed by atoms with Crippen molar-refractivity contribution in [1.82, 2.24) is 9.80 Å². The van der Waals surface area contributed by atoms with Crippen molar-refractivity contribution >= 4 is 67.6 Å². The van der Waals surface area contributed by atoms with Crippen LogP contribution in [0.25, 0.3) is 10.1 Å². The summed E-state index contributed by atoms with van der Waals surface area (Å²) in [5.74, 6) is 0.302. The molecule has 1 aromatic heterocycles. The third-order valence-corrected chi connectivity index (χ3v) is 15.4. The summed E-state index contributed by atoms with van der Waals surface area (Å²) in [6, 6.07) is 5.71. The van der Waals surface area contributed by atoms with Gasteiger partial charge in [0.15, 0.2) is 5.78 Å². The molecule has 0 N–H and O–H groups in total. The molecule has 2 rings (SSSR count).